The van der Waals surface area contributed by atoms with Gasteiger partial charge < -0.3 is 5.32 Å². The van der Waals surface area contributed by atoms with Crippen LogP contribution in [0, 0.1) is 5.92 Å². The van der Waals surface area contributed by atoms with Gasteiger partial charge in [-0.3, -0.25) is 0 Å². The summed E-state index contributed by atoms with van der Waals surface area (Å²) in [5.41, 5.74) is 0. The molecule has 0 saturated heterocycles. The maximum atomic E-state index is 3.53. The summed E-state index contributed by atoms with van der Waals surface area (Å²) in [7, 11) is 0. The van der Waals surface area contributed by atoms with Crippen LogP contribution in [0.5, 0.6) is 0 Å². The minimum Gasteiger partial charge on any atom is -0.317 e. The van der Waals surface area contributed by atoms with Crippen LogP contribution in [0.1, 0.15) is 59.3 Å². The SMILES string of the molecule is CCSCCCNCCCCCCC(C)C. The topological polar surface area (TPSA) is 12.0 Å². The summed E-state index contributed by atoms with van der Waals surface area (Å²) in [6.45, 7) is 9.29. The predicted octanol–water partition coefficient (Wildman–Crippen LogP) is 4.33. The molecule has 2 heteroatoms. The molecule has 0 spiro atoms. The Morgan fingerprint density at radius 3 is 2.31 bits per heavy atom. The third-order valence-corrected chi connectivity index (χ3v) is 3.72. The van der Waals surface area contributed by atoms with Crippen molar-refractivity contribution in [1.29, 1.82) is 0 Å². The molecule has 0 fully saturated rings. The van der Waals surface area contributed by atoms with Gasteiger partial charge in [-0.05, 0) is 43.4 Å². The van der Waals surface area contributed by atoms with Crippen molar-refractivity contribution in [2.75, 3.05) is 24.6 Å². The van der Waals surface area contributed by atoms with Crippen LogP contribution in [0.25, 0.3) is 0 Å². The molecule has 0 aliphatic rings. The quantitative estimate of drug-likeness (QED) is 0.514. The number of thioether (sulfide) groups is 1. The third kappa shape index (κ3) is 14.3. The molecule has 0 aromatic carbocycles. The Balaban J connectivity index is 2.88. The zero-order valence-electron chi connectivity index (χ0n) is 11.6. The first-order valence-corrected chi connectivity index (χ1v) is 8.21. The molecule has 0 rings (SSSR count). The second kappa shape index (κ2) is 13.4. The molecule has 16 heavy (non-hydrogen) atoms. The van der Waals surface area contributed by atoms with E-state index in [0.29, 0.717) is 0 Å². The standard InChI is InChI=1S/C14H31NS/c1-4-16-13-9-12-15-11-8-6-5-7-10-14(2)3/h14-15H,4-13H2,1-3H3. The van der Waals surface area contributed by atoms with Crippen LogP contribution < -0.4 is 5.32 Å². The van der Waals surface area contributed by atoms with Gasteiger partial charge in [-0.15, -0.1) is 0 Å². The van der Waals surface area contributed by atoms with Gasteiger partial charge in [-0.2, -0.15) is 11.8 Å². The fraction of sp³-hybridized carbons (Fsp3) is 1.00. The van der Waals surface area contributed by atoms with E-state index in [-0.39, 0.29) is 0 Å². The summed E-state index contributed by atoms with van der Waals surface area (Å²) in [5.74, 6) is 3.46. The molecule has 0 bridgehead atoms. The maximum absolute atomic E-state index is 3.53. The molecular weight excluding hydrogens is 214 g/mol. The molecule has 98 valence electrons. The molecule has 0 atom stereocenters. The number of rotatable bonds is 12. The fourth-order valence-electron chi connectivity index (χ4n) is 1.72. The number of hydrogen-bond acceptors (Lipinski definition) is 2. The molecule has 1 N–H and O–H groups in total. The van der Waals surface area contributed by atoms with Crippen LogP contribution in [0.3, 0.4) is 0 Å². The van der Waals surface area contributed by atoms with Gasteiger partial charge in [0.25, 0.3) is 0 Å². The van der Waals surface area contributed by atoms with Crippen molar-refractivity contribution in [1.82, 2.24) is 5.32 Å². The number of nitrogens with one attached hydrogen (secondary N) is 1. The summed E-state index contributed by atoms with van der Waals surface area (Å²) in [6, 6.07) is 0. The monoisotopic (exact) mass is 245 g/mol. The molecule has 0 aliphatic carbocycles. The van der Waals surface area contributed by atoms with Crippen molar-refractivity contribution in [3.63, 3.8) is 0 Å². The van der Waals surface area contributed by atoms with Crippen LogP contribution in [-0.4, -0.2) is 24.6 Å². The first-order valence-electron chi connectivity index (χ1n) is 7.05. The number of unbranched alkanes of at least 4 members (excludes halogenated alkanes) is 3. The average molecular weight is 245 g/mol. The molecule has 0 aromatic rings. The lowest BCUT2D eigenvalue weighted by atomic mass is 10.0. The Morgan fingerprint density at radius 2 is 1.62 bits per heavy atom. The molecule has 0 aliphatic heterocycles. The highest BCUT2D eigenvalue weighted by molar-refractivity contribution is 7.99. The lowest BCUT2D eigenvalue weighted by molar-refractivity contribution is 0.512. The predicted molar refractivity (Wildman–Crippen MR) is 78.4 cm³/mol. The normalized spacial score (nSPS) is 11.2. The Labute approximate surface area is 107 Å². The molecule has 0 radical (unpaired) electrons. The highest BCUT2D eigenvalue weighted by atomic mass is 32.2. The molecule has 1 nitrogen and oxygen atoms in total. The van der Waals surface area contributed by atoms with Crippen molar-refractivity contribution in [2.45, 2.75) is 59.3 Å². The van der Waals surface area contributed by atoms with Crippen molar-refractivity contribution in [3.05, 3.63) is 0 Å². The van der Waals surface area contributed by atoms with Gasteiger partial charge in [0.1, 0.15) is 0 Å². The van der Waals surface area contributed by atoms with Crippen molar-refractivity contribution < 1.29 is 0 Å². The Hall–Kier alpha value is 0.310. The van der Waals surface area contributed by atoms with Crippen LogP contribution in [0.4, 0.5) is 0 Å². The van der Waals surface area contributed by atoms with E-state index in [9.17, 15) is 0 Å². The van der Waals surface area contributed by atoms with Gasteiger partial charge in [-0.1, -0.05) is 46.5 Å². The lowest BCUT2D eigenvalue weighted by Crippen LogP contribution is -2.17. The van der Waals surface area contributed by atoms with Crippen molar-refractivity contribution >= 4 is 11.8 Å². The summed E-state index contributed by atoms with van der Waals surface area (Å²) in [6.07, 6.45) is 8.34. The molecule has 0 aromatic heterocycles. The van der Waals surface area contributed by atoms with E-state index in [2.05, 4.69) is 26.1 Å². The molecular formula is C14H31NS. The van der Waals surface area contributed by atoms with E-state index in [0.717, 1.165) is 5.92 Å². The summed E-state index contributed by atoms with van der Waals surface area (Å²) in [5, 5.41) is 3.53. The summed E-state index contributed by atoms with van der Waals surface area (Å²) in [4.78, 5) is 0. The third-order valence-electron chi connectivity index (χ3n) is 2.73. The second-order valence-corrected chi connectivity index (χ2v) is 6.29. The van der Waals surface area contributed by atoms with Crippen molar-refractivity contribution in [3.8, 4) is 0 Å². The molecule has 0 saturated carbocycles. The zero-order chi connectivity index (χ0) is 12.1. The summed E-state index contributed by atoms with van der Waals surface area (Å²) >= 11 is 2.05. The van der Waals surface area contributed by atoms with Gasteiger partial charge in [0.05, 0.1) is 0 Å². The van der Waals surface area contributed by atoms with E-state index in [1.165, 1.54) is 63.1 Å². The van der Waals surface area contributed by atoms with E-state index in [1.807, 2.05) is 11.8 Å². The highest BCUT2D eigenvalue weighted by Gasteiger charge is 1.94. The zero-order valence-corrected chi connectivity index (χ0v) is 12.4. The first kappa shape index (κ1) is 16.3. The maximum Gasteiger partial charge on any atom is -0.00411 e. The van der Waals surface area contributed by atoms with E-state index in [4.69, 9.17) is 0 Å². The van der Waals surface area contributed by atoms with Crippen molar-refractivity contribution in [2.24, 2.45) is 5.92 Å². The average Bonchev–Trinajstić information content (AvgIpc) is 2.25. The Kier molecular flexibility index (Phi) is 13.6. The van der Waals surface area contributed by atoms with Crippen LogP contribution in [0.2, 0.25) is 0 Å². The fourth-order valence-corrected chi connectivity index (χ4v) is 2.36. The number of hydrogen-bond donors (Lipinski definition) is 1. The van der Waals surface area contributed by atoms with E-state index in [1.54, 1.807) is 0 Å². The Morgan fingerprint density at radius 1 is 0.938 bits per heavy atom. The smallest absolute Gasteiger partial charge is 0.00411 e. The largest absolute Gasteiger partial charge is 0.317 e. The molecule has 0 heterocycles. The highest BCUT2D eigenvalue weighted by Crippen LogP contribution is 2.08. The van der Waals surface area contributed by atoms with E-state index >= 15 is 0 Å². The van der Waals surface area contributed by atoms with Gasteiger partial charge in [0.15, 0.2) is 0 Å². The lowest BCUT2D eigenvalue weighted by Gasteiger charge is -2.05. The second-order valence-electron chi connectivity index (χ2n) is 4.90. The molecule has 0 amide bonds. The van der Waals surface area contributed by atoms with Gasteiger partial charge in [0.2, 0.25) is 0 Å². The van der Waals surface area contributed by atoms with E-state index < -0.39 is 0 Å². The minimum atomic E-state index is 0.884. The first-order chi connectivity index (χ1) is 7.77. The van der Waals surface area contributed by atoms with Crippen LogP contribution in [-0.2, 0) is 0 Å². The van der Waals surface area contributed by atoms with Gasteiger partial charge >= 0.3 is 0 Å². The van der Waals surface area contributed by atoms with Gasteiger partial charge in [-0.25, -0.2) is 0 Å². The minimum absolute atomic E-state index is 0.884. The van der Waals surface area contributed by atoms with Crippen LogP contribution >= 0.6 is 11.8 Å². The van der Waals surface area contributed by atoms with Crippen LogP contribution in [0.15, 0.2) is 0 Å². The molecule has 0 unspecified atom stereocenters. The van der Waals surface area contributed by atoms with Gasteiger partial charge in [0, 0.05) is 0 Å². The summed E-state index contributed by atoms with van der Waals surface area (Å²) < 4.78 is 0. The Bertz CT molecular complexity index is 126.